The van der Waals surface area contributed by atoms with E-state index in [1.807, 2.05) is 39.8 Å². The minimum atomic E-state index is -4.04. The van der Waals surface area contributed by atoms with Gasteiger partial charge in [-0.15, -0.1) is 0 Å². The van der Waals surface area contributed by atoms with Crippen LogP contribution in [0.5, 0.6) is 0 Å². The van der Waals surface area contributed by atoms with Crippen molar-refractivity contribution in [3.8, 4) is 0 Å². The van der Waals surface area contributed by atoms with Gasteiger partial charge in [0.05, 0.1) is 18.2 Å². The number of allylic oxidation sites excluding steroid dienone is 2. The number of benzene rings is 1. The average molecular weight is 438 g/mol. The van der Waals surface area contributed by atoms with Gasteiger partial charge in [0.2, 0.25) is 0 Å². The van der Waals surface area contributed by atoms with Crippen LogP contribution in [0.2, 0.25) is 0 Å². The van der Waals surface area contributed by atoms with Crippen molar-refractivity contribution >= 4 is 24.2 Å². The number of halogens is 2. The van der Waals surface area contributed by atoms with E-state index in [4.69, 9.17) is 4.74 Å². The Morgan fingerprint density at radius 3 is 2.22 bits per heavy atom. The van der Waals surface area contributed by atoms with Gasteiger partial charge in [-0.05, 0) is 68.1 Å². The fraction of sp³-hybridized carbons (Fsp3) is 0.360. The molecular weight excluding hydrogens is 409 g/mol. The van der Waals surface area contributed by atoms with Crippen LogP contribution in [0.3, 0.4) is 0 Å². The normalized spacial score (nSPS) is 17.2. The van der Waals surface area contributed by atoms with Crippen LogP contribution in [0.4, 0.5) is 8.63 Å². The molecule has 0 unspecified atom stereocenters. The average Bonchev–Trinajstić information content (AvgIpc) is 3.18. The van der Waals surface area contributed by atoms with E-state index < -0.39 is 12.9 Å². The first kappa shape index (κ1) is 22.2. The molecule has 3 heterocycles. The molecular formula is C25H29BF2N2O2. The summed E-state index contributed by atoms with van der Waals surface area (Å²) in [5.41, 5.74) is 8.10. The van der Waals surface area contributed by atoms with Crippen molar-refractivity contribution in [3.05, 3.63) is 74.8 Å². The summed E-state index contributed by atoms with van der Waals surface area (Å²) in [7, 11) is 1.34. The molecule has 0 bridgehead atoms. The number of methoxy groups -OCH3 is 1. The third-order valence-corrected chi connectivity index (χ3v) is 7.09. The van der Waals surface area contributed by atoms with Crippen LogP contribution in [0.15, 0.2) is 41.1 Å². The molecule has 0 spiro atoms. The molecule has 0 radical (unpaired) electrons. The maximum atomic E-state index is 16.2. The van der Waals surface area contributed by atoms with E-state index in [1.54, 1.807) is 26.0 Å². The Kier molecular flexibility index (Phi) is 5.26. The van der Waals surface area contributed by atoms with Crippen molar-refractivity contribution in [2.75, 3.05) is 7.11 Å². The molecule has 2 aliphatic heterocycles. The summed E-state index contributed by atoms with van der Waals surface area (Å²) in [6.07, 6.45) is 1.37. The summed E-state index contributed by atoms with van der Waals surface area (Å²) >= 11 is 0. The second-order valence-electron chi connectivity index (χ2n) is 8.55. The summed E-state index contributed by atoms with van der Waals surface area (Å²) < 4.78 is 39.7. The molecule has 4 rings (SSSR count). The largest absolute Gasteiger partial charge is 0.737 e. The lowest BCUT2D eigenvalue weighted by atomic mass is 9.83. The van der Waals surface area contributed by atoms with Crippen molar-refractivity contribution in [2.45, 2.75) is 54.4 Å². The molecule has 0 N–H and O–H groups in total. The van der Waals surface area contributed by atoms with Crippen molar-refractivity contribution in [2.24, 2.45) is 0 Å². The highest BCUT2D eigenvalue weighted by atomic mass is 19.2. The smallest absolute Gasteiger partial charge is 0.465 e. The first-order chi connectivity index (χ1) is 15.1. The quantitative estimate of drug-likeness (QED) is 0.456. The zero-order chi connectivity index (χ0) is 23.5. The van der Waals surface area contributed by atoms with E-state index in [0.717, 1.165) is 33.4 Å². The van der Waals surface area contributed by atoms with Crippen molar-refractivity contribution < 1.29 is 22.6 Å². The van der Waals surface area contributed by atoms with E-state index >= 15 is 8.63 Å². The highest BCUT2D eigenvalue weighted by Gasteiger charge is 2.56. The molecule has 168 valence electrons. The van der Waals surface area contributed by atoms with Crippen LogP contribution in [0.25, 0.3) is 5.57 Å². The summed E-state index contributed by atoms with van der Waals surface area (Å²) in [5.74, 6) is -0.424. The van der Waals surface area contributed by atoms with Gasteiger partial charge in [-0.1, -0.05) is 26.0 Å². The van der Waals surface area contributed by atoms with E-state index in [0.29, 0.717) is 41.2 Å². The predicted octanol–water partition coefficient (Wildman–Crippen LogP) is 5.66. The molecule has 0 saturated carbocycles. The minimum absolute atomic E-state index is 0.424. The van der Waals surface area contributed by atoms with Crippen molar-refractivity contribution in [3.63, 3.8) is 0 Å². The van der Waals surface area contributed by atoms with Crippen LogP contribution >= 0.6 is 0 Å². The second-order valence-corrected chi connectivity index (χ2v) is 8.55. The topological polar surface area (TPSA) is 34.2 Å². The van der Waals surface area contributed by atoms with Gasteiger partial charge in [-0.3, -0.25) is 0 Å². The second kappa shape index (κ2) is 7.57. The van der Waals surface area contributed by atoms with Gasteiger partial charge in [0.1, 0.15) is 5.71 Å². The van der Waals surface area contributed by atoms with E-state index in [9.17, 15) is 4.79 Å². The first-order valence-electron chi connectivity index (χ1n) is 11.1. The zero-order valence-electron chi connectivity index (χ0n) is 19.8. The number of hydrogen-bond acceptors (Lipinski definition) is 2. The van der Waals surface area contributed by atoms with Crippen molar-refractivity contribution in [1.29, 1.82) is 0 Å². The molecule has 1 aromatic carbocycles. The number of rotatable bonds is 4. The fourth-order valence-corrected chi connectivity index (χ4v) is 5.64. The molecule has 1 aromatic heterocycles. The Balaban J connectivity index is 2.13. The monoisotopic (exact) mass is 438 g/mol. The lowest BCUT2D eigenvalue weighted by Crippen LogP contribution is -2.51. The minimum Gasteiger partial charge on any atom is -0.465 e. The molecule has 0 fully saturated rings. The summed E-state index contributed by atoms with van der Waals surface area (Å²) in [4.78, 5) is 11.9. The molecule has 0 aliphatic carbocycles. The molecule has 2 aromatic rings. The Bertz CT molecular complexity index is 1250. The van der Waals surface area contributed by atoms with Crippen LogP contribution in [0, 0.1) is 13.8 Å². The lowest BCUT2D eigenvalue weighted by molar-refractivity contribution is -0.363. The molecule has 0 saturated heterocycles. The maximum Gasteiger partial charge on any atom is 0.737 e. The SMILES string of the molecule is CCC1=C(C)C2=C(c3ccc(C(=O)OC)cc3)c3c(C)c(CC)c(C)n3[B-](F)(F)[N+]2=C1C. The predicted molar refractivity (Wildman–Crippen MR) is 124 cm³/mol. The van der Waals surface area contributed by atoms with Gasteiger partial charge in [0.15, 0.2) is 5.70 Å². The summed E-state index contributed by atoms with van der Waals surface area (Å²) in [6, 6.07) is 7.04. The number of nitrogens with zero attached hydrogens (tertiary/aromatic N) is 2. The summed E-state index contributed by atoms with van der Waals surface area (Å²) in [6.45, 7) is 7.43. The van der Waals surface area contributed by atoms with Crippen LogP contribution in [-0.2, 0) is 11.2 Å². The first-order valence-corrected chi connectivity index (χ1v) is 11.1. The summed E-state index contributed by atoms with van der Waals surface area (Å²) in [5, 5.41) is 0. The Morgan fingerprint density at radius 1 is 1.06 bits per heavy atom. The third-order valence-electron chi connectivity index (χ3n) is 7.09. The Morgan fingerprint density at radius 2 is 1.69 bits per heavy atom. The number of ether oxygens (including phenoxy) is 1. The molecule has 7 heteroatoms. The van der Waals surface area contributed by atoms with E-state index in [-0.39, 0.29) is 0 Å². The van der Waals surface area contributed by atoms with Crippen LogP contribution in [0.1, 0.15) is 72.6 Å². The fourth-order valence-electron chi connectivity index (χ4n) is 5.64. The van der Waals surface area contributed by atoms with Gasteiger partial charge in [-0.25, -0.2) is 4.79 Å². The van der Waals surface area contributed by atoms with Gasteiger partial charge < -0.3 is 22.3 Å². The standard InChI is InChI=1S/C25H29BF2N2O2/c1-8-20-14(3)23-22(18-10-12-19(13-11-18)25(31)32-7)24-15(4)21(9-2)17(6)30(24)26(27,28)29(23)16(20)5/h10-13H,8-9H2,1-7H3. The zero-order valence-corrected chi connectivity index (χ0v) is 19.8. The number of carbonyl (C=O) groups is 1. The third kappa shape index (κ3) is 2.79. The number of fused-ring (bicyclic) bond motifs is 2. The highest BCUT2D eigenvalue weighted by molar-refractivity contribution is 6.58. The number of aromatic nitrogens is 1. The van der Waals surface area contributed by atoms with Gasteiger partial charge in [0.25, 0.3) is 0 Å². The van der Waals surface area contributed by atoms with Gasteiger partial charge in [0, 0.05) is 23.8 Å². The molecule has 32 heavy (non-hydrogen) atoms. The van der Waals surface area contributed by atoms with E-state index in [1.165, 1.54) is 16.1 Å². The molecule has 0 atom stereocenters. The molecule has 2 aliphatic rings. The maximum absolute atomic E-state index is 16.2. The Hall–Kier alpha value is -2.96. The van der Waals surface area contributed by atoms with Gasteiger partial charge >= 0.3 is 12.9 Å². The molecule has 0 amide bonds. The van der Waals surface area contributed by atoms with E-state index in [2.05, 4.69) is 0 Å². The Labute approximate surface area is 188 Å². The highest BCUT2D eigenvalue weighted by Crippen LogP contribution is 2.47. The van der Waals surface area contributed by atoms with Crippen LogP contribution in [-0.4, -0.2) is 34.7 Å². The van der Waals surface area contributed by atoms with Crippen molar-refractivity contribution in [1.82, 2.24) is 4.48 Å². The number of esters is 1. The molecule has 4 nitrogen and oxygen atoms in total. The number of hydrogen-bond donors (Lipinski definition) is 0. The van der Waals surface area contributed by atoms with Crippen LogP contribution < -0.4 is 0 Å². The lowest BCUT2D eigenvalue weighted by Gasteiger charge is -2.34. The number of carbonyl (C=O) groups excluding carboxylic acids is 1. The van der Waals surface area contributed by atoms with Gasteiger partial charge in [-0.2, -0.15) is 0 Å².